The maximum atomic E-state index is 13.2. The van der Waals surface area contributed by atoms with Crippen molar-refractivity contribution >= 4 is 10.0 Å². The summed E-state index contributed by atoms with van der Waals surface area (Å²) in [5, 5.41) is 0. The van der Waals surface area contributed by atoms with Crippen LogP contribution in [-0.4, -0.2) is 53.9 Å². The first-order valence-electron chi connectivity index (χ1n) is 10.1. The van der Waals surface area contributed by atoms with Gasteiger partial charge in [0.15, 0.2) is 0 Å². The molecule has 2 aromatic rings. The van der Waals surface area contributed by atoms with E-state index in [2.05, 4.69) is 35.3 Å². The van der Waals surface area contributed by atoms with Crippen molar-refractivity contribution in [2.75, 3.05) is 26.7 Å². The predicted molar refractivity (Wildman–Crippen MR) is 110 cm³/mol. The minimum atomic E-state index is -3.46. The van der Waals surface area contributed by atoms with E-state index in [1.807, 2.05) is 24.5 Å². The molecule has 0 unspecified atom stereocenters. The first kappa shape index (κ1) is 19.6. The highest BCUT2D eigenvalue weighted by Crippen LogP contribution is 2.40. The Labute approximate surface area is 168 Å². The van der Waals surface area contributed by atoms with Crippen molar-refractivity contribution in [2.24, 2.45) is 5.92 Å². The summed E-state index contributed by atoms with van der Waals surface area (Å²) in [6, 6.07) is 7.42. The topological polar surface area (TPSA) is 58.4 Å². The minimum absolute atomic E-state index is 0.158. The van der Waals surface area contributed by atoms with E-state index in [1.54, 1.807) is 16.4 Å². The standard InChI is InChI=1S/C21H30N4O2S/c1-17(2)16-18-4-6-19(7-5-18)28(26,27)25-11-8-21(9-12-25)20-22-10-13-24(20)15-14-23(21)3/h4-7,10,13,17H,8-9,11-12,14-16H2,1-3H3. The number of fused-ring (bicyclic) bond motifs is 2. The van der Waals surface area contributed by atoms with Gasteiger partial charge in [0.25, 0.3) is 0 Å². The Bertz CT molecular complexity index is 926. The lowest BCUT2D eigenvalue weighted by atomic mass is 9.84. The zero-order chi connectivity index (χ0) is 19.9. The largest absolute Gasteiger partial charge is 0.332 e. The van der Waals surface area contributed by atoms with Crippen LogP contribution in [0.25, 0.3) is 0 Å². The van der Waals surface area contributed by atoms with Crippen LogP contribution in [0.4, 0.5) is 0 Å². The van der Waals surface area contributed by atoms with Gasteiger partial charge in [-0.15, -0.1) is 0 Å². The van der Waals surface area contributed by atoms with E-state index in [-0.39, 0.29) is 5.54 Å². The molecule has 2 aliphatic heterocycles. The van der Waals surface area contributed by atoms with E-state index >= 15 is 0 Å². The van der Waals surface area contributed by atoms with Gasteiger partial charge >= 0.3 is 0 Å². The molecule has 1 aromatic heterocycles. The summed E-state index contributed by atoms with van der Waals surface area (Å²) in [7, 11) is -1.32. The first-order chi connectivity index (χ1) is 13.3. The molecule has 1 fully saturated rings. The molecule has 6 nitrogen and oxygen atoms in total. The molecule has 0 amide bonds. The highest BCUT2D eigenvalue weighted by molar-refractivity contribution is 7.89. The second kappa shape index (κ2) is 7.28. The van der Waals surface area contributed by atoms with Crippen molar-refractivity contribution in [2.45, 2.75) is 50.1 Å². The molecule has 0 saturated carbocycles. The fourth-order valence-electron chi connectivity index (χ4n) is 4.66. The molecule has 2 aliphatic rings. The van der Waals surface area contributed by atoms with Gasteiger partial charge < -0.3 is 4.57 Å². The lowest BCUT2D eigenvalue weighted by molar-refractivity contribution is 0.0271. The van der Waals surface area contributed by atoms with Gasteiger partial charge in [0.1, 0.15) is 5.82 Å². The molecule has 1 aromatic carbocycles. The zero-order valence-corrected chi connectivity index (χ0v) is 17.8. The number of sulfonamides is 1. The molecule has 0 aliphatic carbocycles. The average molecular weight is 403 g/mol. The lowest BCUT2D eigenvalue weighted by Gasteiger charge is -2.49. The van der Waals surface area contributed by atoms with Crippen LogP contribution < -0.4 is 0 Å². The molecular formula is C21H30N4O2S. The molecule has 152 valence electrons. The summed E-state index contributed by atoms with van der Waals surface area (Å²) in [5.41, 5.74) is 1.02. The number of rotatable bonds is 4. The number of likely N-dealkylation sites (N-methyl/N-ethyl adjacent to an activating group) is 1. The normalized spacial score (nSPS) is 20.6. The van der Waals surface area contributed by atoms with Gasteiger partial charge in [0.05, 0.1) is 10.4 Å². The quantitative estimate of drug-likeness (QED) is 0.789. The van der Waals surface area contributed by atoms with E-state index in [0.29, 0.717) is 23.9 Å². The van der Waals surface area contributed by atoms with Crippen LogP contribution >= 0.6 is 0 Å². The maximum Gasteiger partial charge on any atom is 0.243 e. The van der Waals surface area contributed by atoms with Gasteiger partial charge in [-0.3, -0.25) is 4.90 Å². The lowest BCUT2D eigenvalue weighted by Crippen LogP contribution is -2.56. The molecular weight excluding hydrogens is 372 g/mol. The molecule has 0 bridgehead atoms. The number of nitrogens with zero attached hydrogens (tertiary/aromatic N) is 4. The van der Waals surface area contributed by atoms with Crippen LogP contribution in [0.5, 0.6) is 0 Å². The van der Waals surface area contributed by atoms with E-state index in [4.69, 9.17) is 0 Å². The number of piperidine rings is 1. The van der Waals surface area contributed by atoms with Gasteiger partial charge in [-0.25, -0.2) is 13.4 Å². The highest BCUT2D eigenvalue weighted by atomic mass is 32.2. The Kier molecular flexibility index (Phi) is 5.10. The summed E-state index contributed by atoms with van der Waals surface area (Å²) in [6.45, 7) is 7.29. The third-order valence-electron chi connectivity index (χ3n) is 6.29. The Morgan fingerprint density at radius 3 is 2.39 bits per heavy atom. The Balaban J connectivity index is 1.52. The number of benzene rings is 1. The summed E-state index contributed by atoms with van der Waals surface area (Å²) >= 11 is 0. The first-order valence-corrected chi connectivity index (χ1v) is 11.6. The third kappa shape index (κ3) is 3.29. The van der Waals surface area contributed by atoms with Gasteiger partial charge in [-0.2, -0.15) is 4.31 Å². The van der Waals surface area contributed by atoms with E-state index in [9.17, 15) is 8.42 Å². The van der Waals surface area contributed by atoms with Crippen molar-refractivity contribution in [3.05, 3.63) is 48.0 Å². The SMILES string of the molecule is CC(C)Cc1ccc(S(=O)(=O)N2CCC3(CC2)c2nccn2CCN3C)cc1. The smallest absolute Gasteiger partial charge is 0.243 e. The van der Waals surface area contributed by atoms with Crippen LogP contribution in [0.2, 0.25) is 0 Å². The molecule has 1 saturated heterocycles. The number of hydrogen-bond donors (Lipinski definition) is 0. The predicted octanol–water partition coefficient (Wildman–Crippen LogP) is 2.71. The van der Waals surface area contributed by atoms with Crippen molar-refractivity contribution < 1.29 is 8.42 Å². The summed E-state index contributed by atoms with van der Waals surface area (Å²) in [4.78, 5) is 7.37. The second-order valence-corrected chi connectivity index (χ2v) is 10.5. The molecule has 0 atom stereocenters. The van der Waals surface area contributed by atoms with Crippen molar-refractivity contribution in [3.8, 4) is 0 Å². The summed E-state index contributed by atoms with van der Waals surface area (Å²) in [6.07, 6.45) is 6.39. The van der Waals surface area contributed by atoms with E-state index in [0.717, 1.165) is 38.2 Å². The highest BCUT2D eigenvalue weighted by Gasteiger charge is 2.46. The van der Waals surface area contributed by atoms with E-state index < -0.39 is 10.0 Å². The summed E-state index contributed by atoms with van der Waals surface area (Å²) < 4.78 is 30.2. The number of hydrogen-bond acceptors (Lipinski definition) is 4. The molecule has 0 radical (unpaired) electrons. The molecule has 28 heavy (non-hydrogen) atoms. The van der Waals surface area contributed by atoms with Gasteiger partial charge in [0.2, 0.25) is 10.0 Å². The van der Waals surface area contributed by atoms with Crippen molar-refractivity contribution in [1.82, 2.24) is 18.8 Å². The van der Waals surface area contributed by atoms with Crippen LogP contribution in [0, 0.1) is 5.92 Å². The van der Waals surface area contributed by atoms with Crippen LogP contribution in [0.3, 0.4) is 0 Å². The van der Waals surface area contributed by atoms with Crippen molar-refractivity contribution in [3.63, 3.8) is 0 Å². The summed E-state index contributed by atoms with van der Waals surface area (Å²) in [5.74, 6) is 1.64. The molecule has 4 rings (SSSR count). The fraction of sp³-hybridized carbons (Fsp3) is 0.571. The van der Waals surface area contributed by atoms with Crippen molar-refractivity contribution in [1.29, 1.82) is 0 Å². The Morgan fingerprint density at radius 2 is 1.75 bits per heavy atom. The van der Waals surface area contributed by atoms with Crippen LogP contribution in [0.15, 0.2) is 41.6 Å². The van der Waals surface area contributed by atoms with E-state index in [1.165, 1.54) is 5.56 Å². The Hall–Kier alpha value is -1.70. The number of imidazole rings is 1. The minimum Gasteiger partial charge on any atom is -0.332 e. The molecule has 0 N–H and O–H groups in total. The van der Waals surface area contributed by atoms with Gasteiger partial charge in [-0.05, 0) is 49.9 Å². The average Bonchev–Trinajstić information content (AvgIpc) is 3.15. The maximum absolute atomic E-state index is 13.2. The van der Waals surface area contributed by atoms with Crippen LogP contribution in [0.1, 0.15) is 38.1 Å². The number of aromatic nitrogens is 2. The molecule has 3 heterocycles. The molecule has 1 spiro atoms. The van der Waals surface area contributed by atoms with Gasteiger partial charge in [-0.1, -0.05) is 26.0 Å². The zero-order valence-electron chi connectivity index (χ0n) is 17.0. The molecule has 7 heteroatoms. The fourth-order valence-corrected chi connectivity index (χ4v) is 6.10. The third-order valence-corrected chi connectivity index (χ3v) is 8.21. The second-order valence-electron chi connectivity index (χ2n) is 8.54. The monoisotopic (exact) mass is 402 g/mol. The Morgan fingerprint density at radius 1 is 1.07 bits per heavy atom. The van der Waals surface area contributed by atoms with Gasteiger partial charge in [0, 0.05) is 38.6 Å². The van der Waals surface area contributed by atoms with Crippen LogP contribution in [-0.2, 0) is 28.5 Å².